The van der Waals surface area contributed by atoms with E-state index in [9.17, 15) is 18.6 Å². The first-order valence-electron chi connectivity index (χ1n) is 10.9. The van der Waals surface area contributed by atoms with Crippen molar-refractivity contribution in [1.82, 2.24) is 0 Å². The predicted molar refractivity (Wildman–Crippen MR) is 142 cm³/mol. The van der Waals surface area contributed by atoms with E-state index in [1.807, 2.05) is 72.8 Å². The molecule has 2 aliphatic rings. The topological polar surface area (TPSA) is 74.6 Å². The van der Waals surface area contributed by atoms with E-state index >= 15 is 0 Å². The largest absolute Gasteiger partial charge is 0.506 e. The molecule has 4 aromatic rings. The molecule has 0 saturated heterocycles. The van der Waals surface area contributed by atoms with Crippen molar-refractivity contribution in [2.45, 2.75) is 9.79 Å². The Morgan fingerprint density at radius 3 is 1.66 bits per heavy atom. The Balaban J connectivity index is 1.27. The normalized spacial score (nSPS) is 18.9. The van der Waals surface area contributed by atoms with Gasteiger partial charge in [0.2, 0.25) is 0 Å². The fraction of sp³-hybridized carbons (Fsp3) is 0. The van der Waals surface area contributed by atoms with Crippen molar-refractivity contribution in [3.63, 3.8) is 0 Å². The lowest BCUT2D eigenvalue weighted by molar-refractivity contribution is 0.510. The van der Waals surface area contributed by atoms with Crippen LogP contribution in [0.3, 0.4) is 0 Å². The standard InChI is InChI=1S/C29H18O4S2/c30-28-22-14-18-8-4-6-10-20(18)16-26(22)34(32)24(28)12-2-1-3-13-25-29(31)23-15-19-9-5-7-11-21(19)17-27(23)35(25)33/h1-2,4-17,30-31H. The highest BCUT2D eigenvalue weighted by molar-refractivity contribution is 7.90. The summed E-state index contributed by atoms with van der Waals surface area (Å²) in [4.78, 5) is 1.76. The summed E-state index contributed by atoms with van der Waals surface area (Å²) in [6.45, 7) is 0. The Bertz CT molecular complexity index is 1780. The molecule has 0 bridgehead atoms. The minimum absolute atomic E-state index is 0.00233. The van der Waals surface area contributed by atoms with E-state index < -0.39 is 21.6 Å². The molecule has 0 saturated carbocycles. The summed E-state index contributed by atoms with van der Waals surface area (Å²) in [6.07, 6.45) is 6.25. The van der Waals surface area contributed by atoms with Crippen molar-refractivity contribution < 1.29 is 18.6 Å². The minimum atomic E-state index is -1.51. The van der Waals surface area contributed by atoms with Gasteiger partial charge in [-0.3, -0.25) is 0 Å². The quantitative estimate of drug-likeness (QED) is 0.247. The van der Waals surface area contributed by atoms with Crippen molar-refractivity contribution >= 4 is 54.7 Å². The van der Waals surface area contributed by atoms with Gasteiger partial charge in [-0.1, -0.05) is 54.6 Å². The number of hydrogen-bond donors (Lipinski definition) is 2. The predicted octanol–water partition coefficient (Wildman–Crippen LogP) is 6.66. The Morgan fingerprint density at radius 1 is 0.657 bits per heavy atom. The van der Waals surface area contributed by atoms with Crippen molar-refractivity contribution in [2.75, 3.05) is 0 Å². The third kappa shape index (κ3) is 3.51. The molecule has 0 fully saturated rings. The number of rotatable bonds is 3. The van der Waals surface area contributed by atoms with Gasteiger partial charge in [0.25, 0.3) is 0 Å². The summed E-state index contributed by atoms with van der Waals surface area (Å²) in [6, 6.07) is 22.8. The van der Waals surface area contributed by atoms with Gasteiger partial charge in [-0.05, 0) is 58.0 Å². The fourth-order valence-corrected chi connectivity index (χ4v) is 6.97. The lowest BCUT2D eigenvalue weighted by Gasteiger charge is -2.02. The lowest BCUT2D eigenvalue weighted by Crippen LogP contribution is -1.89. The molecule has 35 heavy (non-hydrogen) atoms. The van der Waals surface area contributed by atoms with E-state index in [0.29, 0.717) is 25.8 Å². The minimum Gasteiger partial charge on any atom is -0.506 e. The molecule has 0 aliphatic carbocycles. The summed E-state index contributed by atoms with van der Waals surface area (Å²) in [5.74, 6) is -0.0220. The third-order valence-electron chi connectivity index (χ3n) is 6.13. The van der Waals surface area contributed by atoms with Crippen LogP contribution in [-0.4, -0.2) is 18.6 Å². The zero-order valence-electron chi connectivity index (χ0n) is 18.3. The second kappa shape index (κ2) is 8.36. The van der Waals surface area contributed by atoms with E-state index in [4.69, 9.17) is 0 Å². The molecule has 170 valence electrons. The molecule has 0 amide bonds. The summed E-state index contributed by atoms with van der Waals surface area (Å²) in [5.41, 5.74) is 4.05. The van der Waals surface area contributed by atoms with Gasteiger partial charge in [-0.2, -0.15) is 0 Å². The van der Waals surface area contributed by atoms with E-state index in [1.165, 1.54) is 6.08 Å². The first kappa shape index (κ1) is 21.6. The second-order valence-electron chi connectivity index (χ2n) is 8.19. The number of hydrogen-bond acceptors (Lipinski definition) is 4. The monoisotopic (exact) mass is 494 g/mol. The first-order valence-corrected chi connectivity index (χ1v) is 13.2. The van der Waals surface area contributed by atoms with Gasteiger partial charge in [0.15, 0.2) is 0 Å². The van der Waals surface area contributed by atoms with E-state index in [0.717, 1.165) is 21.5 Å². The average Bonchev–Trinajstić information content (AvgIpc) is 3.25. The van der Waals surface area contributed by atoms with Crippen LogP contribution in [0.4, 0.5) is 0 Å². The Labute approximate surface area is 206 Å². The summed E-state index contributed by atoms with van der Waals surface area (Å²) >= 11 is 0. The molecule has 6 rings (SSSR count). The molecule has 0 radical (unpaired) electrons. The molecular formula is C29H18O4S2. The summed E-state index contributed by atoms with van der Waals surface area (Å²) < 4.78 is 25.9. The zero-order chi connectivity index (χ0) is 24.1. The highest BCUT2D eigenvalue weighted by atomic mass is 32.2. The van der Waals surface area contributed by atoms with Crippen molar-refractivity contribution in [2.24, 2.45) is 0 Å². The van der Waals surface area contributed by atoms with Gasteiger partial charge < -0.3 is 10.2 Å². The number of aliphatic hydroxyl groups is 2. The Kier molecular flexibility index (Phi) is 5.15. The molecule has 6 heteroatoms. The number of benzene rings is 4. The summed E-state index contributed by atoms with van der Waals surface area (Å²) in [7, 11) is -3.00. The highest BCUT2D eigenvalue weighted by Crippen LogP contribution is 2.39. The third-order valence-corrected chi connectivity index (χ3v) is 9.04. The molecule has 0 spiro atoms. The van der Waals surface area contributed by atoms with Gasteiger partial charge in [-0.25, -0.2) is 8.42 Å². The molecule has 4 nitrogen and oxygen atoms in total. The molecule has 2 unspecified atom stereocenters. The molecule has 2 atom stereocenters. The van der Waals surface area contributed by atoms with Gasteiger partial charge in [-0.15, -0.1) is 5.73 Å². The molecule has 4 aromatic carbocycles. The zero-order valence-corrected chi connectivity index (χ0v) is 19.9. The number of fused-ring (bicyclic) bond motifs is 4. The van der Waals surface area contributed by atoms with Crippen molar-refractivity contribution in [1.29, 1.82) is 0 Å². The van der Waals surface area contributed by atoms with Crippen LogP contribution in [0.5, 0.6) is 0 Å². The van der Waals surface area contributed by atoms with Gasteiger partial charge in [0.1, 0.15) is 11.5 Å². The van der Waals surface area contributed by atoms with Crippen LogP contribution in [0.25, 0.3) is 33.1 Å². The molecule has 2 N–H and O–H groups in total. The van der Waals surface area contributed by atoms with E-state index in [1.54, 1.807) is 18.2 Å². The summed E-state index contributed by atoms with van der Waals surface area (Å²) in [5, 5.41) is 25.2. The highest BCUT2D eigenvalue weighted by Gasteiger charge is 2.28. The van der Waals surface area contributed by atoms with Crippen LogP contribution in [0, 0.1) is 0 Å². The maximum atomic E-state index is 13.0. The average molecular weight is 495 g/mol. The van der Waals surface area contributed by atoms with Crippen LogP contribution in [0.2, 0.25) is 0 Å². The lowest BCUT2D eigenvalue weighted by atomic mass is 10.1. The molecule has 2 aliphatic heterocycles. The molecular weight excluding hydrogens is 476 g/mol. The number of aliphatic hydroxyl groups excluding tert-OH is 2. The maximum absolute atomic E-state index is 13.0. The fourth-order valence-electron chi connectivity index (χ4n) is 4.37. The van der Waals surface area contributed by atoms with Crippen LogP contribution < -0.4 is 0 Å². The smallest absolute Gasteiger partial charge is 0.141 e. The van der Waals surface area contributed by atoms with Gasteiger partial charge >= 0.3 is 0 Å². The van der Waals surface area contributed by atoms with Gasteiger partial charge in [0.05, 0.1) is 41.2 Å². The van der Waals surface area contributed by atoms with E-state index in [-0.39, 0.29) is 16.4 Å². The van der Waals surface area contributed by atoms with Crippen LogP contribution in [-0.2, 0) is 21.6 Å². The van der Waals surface area contributed by atoms with Crippen molar-refractivity contribution in [3.05, 3.63) is 124 Å². The SMILES string of the molecule is O=S1C(C=C=CC=CC2=C(O)c3cc4ccccc4cc3S2=O)=C(O)c2cc3ccccc3cc21. The van der Waals surface area contributed by atoms with Crippen LogP contribution in [0.1, 0.15) is 11.1 Å². The van der Waals surface area contributed by atoms with Gasteiger partial charge in [0, 0.05) is 17.2 Å². The second-order valence-corrected chi connectivity index (χ2v) is 11.0. The van der Waals surface area contributed by atoms with Crippen molar-refractivity contribution in [3.8, 4) is 0 Å². The maximum Gasteiger partial charge on any atom is 0.141 e. The Hall–Kier alpha value is -3.96. The van der Waals surface area contributed by atoms with Crippen LogP contribution >= 0.6 is 0 Å². The van der Waals surface area contributed by atoms with E-state index in [2.05, 4.69) is 5.73 Å². The molecule has 0 aromatic heterocycles. The number of allylic oxidation sites excluding steroid dienone is 3. The molecule has 2 heterocycles. The Morgan fingerprint density at radius 2 is 1.11 bits per heavy atom. The first-order chi connectivity index (χ1) is 17.0. The van der Waals surface area contributed by atoms with Crippen LogP contribution in [0.15, 0.2) is 122 Å².